The van der Waals surface area contributed by atoms with Gasteiger partial charge in [-0.3, -0.25) is 14.4 Å². The Balaban J connectivity index is 1.71. The van der Waals surface area contributed by atoms with E-state index in [0.717, 1.165) is 12.0 Å². The van der Waals surface area contributed by atoms with Gasteiger partial charge in [-0.2, -0.15) is 0 Å². The van der Waals surface area contributed by atoms with E-state index in [-0.39, 0.29) is 29.9 Å². The van der Waals surface area contributed by atoms with Gasteiger partial charge in [-0.05, 0) is 48.4 Å². The lowest BCUT2D eigenvalue weighted by Gasteiger charge is -2.07. The molecule has 0 aliphatic rings. The number of carbonyl (C=O) groups is 3. The second-order valence-electron chi connectivity index (χ2n) is 6.08. The summed E-state index contributed by atoms with van der Waals surface area (Å²) in [5.41, 5.74) is 1.92. The Morgan fingerprint density at radius 1 is 1.04 bits per heavy atom. The fraction of sp³-hybridized carbons (Fsp3) is 0.286. The van der Waals surface area contributed by atoms with Gasteiger partial charge in [0.1, 0.15) is 5.82 Å². The standard InChI is InChI=1S/C21H22FNO4S/c1-2-3-20(25)23-18-10-6-16(7-11-18)19(24)12-27-21(26)14-28-13-15-4-8-17(22)9-5-15/h4-11H,2-3,12-14H2,1H3,(H,23,25). The fourth-order valence-corrected chi connectivity index (χ4v) is 3.07. The molecule has 5 nitrogen and oxygen atoms in total. The fourth-order valence-electron chi connectivity index (χ4n) is 2.29. The zero-order valence-electron chi connectivity index (χ0n) is 15.6. The molecule has 148 valence electrons. The van der Waals surface area contributed by atoms with Crippen molar-refractivity contribution in [3.8, 4) is 0 Å². The molecule has 2 aromatic rings. The summed E-state index contributed by atoms with van der Waals surface area (Å²) in [6.07, 6.45) is 1.20. The van der Waals surface area contributed by atoms with E-state index in [1.165, 1.54) is 23.9 Å². The molecule has 0 spiro atoms. The third-order valence-corrected chi connectivity index (χ3v) is 4.71. The highest BCUT2D eigenvalue weighted by Gasteiger charge is 2.11. The van der Waals surface area contributed by atoms with Crippen molar-refractivity contribution in [2.45, 2.75) is 25.5 Å². The van der Waals surface area contributed by atoms with E-state index >= 15 is 0 Å². The second kappa shape index (κ2) is 11.2. The third kappa shape index (κ3) is 7.52. The van der Waals surface area contributed by atoms with Crippen LogP contribution in [0.3, 0.4) is 0 Å². The molecule has 0 aliphatic heterocycles. The lowest BCUT2D eigenvalue weighted by molar-refractivity contribution is -0.139. The first-order valence-electron chi connectivity index (χ1n) is 8.89. The molecule has 2 aromatic carbocycles. The third-order valence-electron chi connectivity index (χ3n) is 3.73. The number of nitrogens with one attached hydrogen (secondary N) is 1. The first kappa shape index (κ1) is 21.6. The molecule has 0 unspecified atom stereocenters. The maximum atomic E-state index is 12.8. The summed E-state index contributed by atoms with van der Waals surface area (Å²) in [5, 5.41) is 2.74. The topological polar surface area (TPSA) is 72.5 Å². The lowest BCUT2D eigenvalue weighted by atomic mass is 10.1. The molecule has 0 saturated heterocycles. The maximum Gasteiger partial charge on any atom is 0.316 e. The molecule has 1 amide bonds. The van der Waals surface area contributed by atoms with Crippen LogP contribution in [0.15, 0.2) is 48.5 Å². The van der Waals surface area contributed by atoms with Crippen LogP contribution in [-0.2, 0) is 20.1 Å². The molecule has 0 aromatic heterocycles. The number of benzene rings is 2. The van der Waals surface area contributed by atoms with Crippen molar-refractivity contribution in [2.75, 3.05) is 17.7 Å². The molecule has 0 atom stereocenters. The first-order chi connectivity index (χ1) is 13.5. The van der Waals surface area contributed by atoms with Gasteiger partial charge in [0.25, 0.3) is 0 Å². The van der Waals surface area contributed by atoms with E-state index in [0.29, 0.717) is 23.4 Å². The number of hydrogen-bond acceptors (Lipinski definition) is 5. The van der Waals surface area contributed by atoms with Crippen LogP contribution >= 0.6 is 11.8 Å². The minimum absolute atomic E-state index is 0.0753. The quantitative estimate of drug-likeness (QED) is 0.475. The highest BCUT2D eigenvalue weighted by Crippen LogP contribution is 2.14. The Bertz CT molecular complexity index is 806. The van der Waals surface area contributed by atoms with Crippen LogP contribution in [0.2, 0.25) is 0 Å². The summed E-state index contributed by atoms with van der Waals surface area (Å²) < 4.78 is 17.8. The zero-order valence-corrected chi connectivity index (χ0v) is 16.4. The van der Waals surface area contributed by atoms with Gasteiger partial charge in [-0.15, -0.1) is 11.8 Å². The SMILES string of the molecule is CCCC(=O)Nc1ccc(C(=O)COC(=O)CSCc2ccc(F)cc2)cc1. The predicted octanol–water partition coefficient (Wildman–Crippen LogP) is 4.22. The van der Waals surface area contributed by atoms with Crippen LogP contribution in [0, 0.1) is 5.82 Å². The summed E-state index contributed by atoms with van der Waals surface area (Å²) in [5.74, 6) is -0.523. The van der Waals surface area contributed by atoms with E-state index in [1.807, 2.05) is 6.92 Å². The highest BCUT2D eigenvalue weighted by molar-refractivity contribution is 7.99. The molecular weight excluding hydrogens is 381 g/mol. The number of anilines is 1. The first-order valence-corrected chi connectivity index (χ1v) is 10.0. The Hall–Kier alpha value is -2.67. The molecule has 0 radical (unpaired) electrons. The van der Waals surface area contributed by atoms with Gasteiger partial charge >= 0.3 is 5.97 Å². The van der Waals surface area contributed by atoms with Crippen LogP contribution in [0.1, 0.15) is 35.7 Å². The number of ether oxygens (including phenoxy) is 1. The number of amides is 1. The van der Waals surface area contributed by atoms with Gasteiger partial charge in [0.15, 0.2) is 12.4 Å². The predicted molar refractivity (Wildman–Crippen MR) is 108 cm³/mol. The summed E-state index contributed by atoms with van der Waals surface area (Å²) in [6, 6.07) is 12.5. The van der Waals surface area contributed by atoms with Gasteiger partial charge in [0, 0.05) is 23.4 Å². The van der Waals surface area contributed by atoms with Crippen molar-refractivity contribution in [2.24, 2.45) is 0 Å². The molecule has 28 heavy (non-hydrogen) atoms. The van der Waals surface area contributed by atoms with Gasteiger partial charge in [0.05, 0.1) is 5.75 Å². The summed E-state index contributed by atoms with van der Waals surface area (Å²) in [6.45, 7) is 1.58. The largest absolute Gasteiger partial charge is 0.457 e. The summed E-state index contributed by atoms with van der Waals surface area (Å²) in [7, 11) is 0. The zero-order chi connectivity index (χ0) is 20.4. The Morgan fingerprint density at radius 2 is 1.71 bits per heavy atom. The minimum Gasteiger partial charge on any atom is -0.457 e. The minimum atomic E-state index is -0.482. The number of ketones is 1. The average Bonchev–Trinajstić information content (AvgIpc) is 2.68. The Labute approximate surface area is 167 Å². The molecule has 0 bridgehead atoms. The second-order valence-corrected chi connectivity index (χ2v) is 7.06. The lowest BCUT2D eigenvalue weighted by Crippen LogP contribution is -2.16. The van der Waals surface area contributed by atoms with Crippen molar-refractivity contribution in [3.05, 3.63) is 65.5 Å². The summed E-state index contributed by atoms with van der Waals surface area (Å²) >= 11 is 1.33. The average molecular weight is 403 g/mol. The van der Waals surface area contributed by atoms with Crippen LogP contribution in [0.25, 0.3) is 0 Å². The van der Waals surface area contributed by atoms with Crippen molar-refractivity contribution in [1.29, 1.82) is 0 Å². The molecule has 0 heterocycles. The van der Waals surface area contributed by atoms with Crippen molar-refractivity contribution >= 4 is 35.1 Å². The Morgan fingerprint density at radius 3 is 2.36 bits per heavy atom. The number of Topliss-reactive ketones (excluding diaryl/α,β-unsaturated/α-hetero) is 1. The Kier molecular flexibility index (Phi) is 8.68. The molecule has 7 heteroatoms. The number of halogens is 1. The molecular formula is C21H22FNO4S. The number of esters is 1. The van der Waals surface area contributed by atoms with Gasteiger partial charge in [0.2, 0.25) is 5.91 Å². The molecule has 0 fully saturated rings. The maximum absolute atomic E-state index is 12.8. The van der Waals surface area contributed by atoms with E-state index in [1.54, 1.807) is 36.4 Å². The monoisotopic (exact) mass is 403 g/mol. The van der Waals surface area contributed by atoms with Crippen molar-refractivity contribution in [3.63, 3.8) is 0 Å². The molecule has 2 rings (SSSR count). The van der Waals surface area contributed by atoms with E-state index in [9.17, 15) is 18.8 Å². The van der Waals surface area contributed by atoms with Gasteiger partial charge < -0.3 is 10.1 Å². The summed E-state index contributed by atoms with van der Waals surface area (Å²) in [4.78, 5) is 35.4. The molecule has 0 aliphatic carbocycles. The van der Waals surface area contributed by atoms with Gasteiger partial charge in [-0.25, -0.2) is 4.39 Å². The van der Waals surface area contributed by atoms with Gasteiger partial charge in [-0.1, -0.05) is 19.1 Å². The number of hydrogen-bond donors (Lipinski definition) is 1. The smallest absolute Gasteiger partial charge is 0.316 e. The van der Waals surface area contributed by atoms with Crippen molar-refractivity contribution in [1.82, 2.24) is 0 Å². The highest BCUT2D eigenvalue weighted by atomic mass is 32.2. The van der Waals surface area contributed by atoms with Crippen LogP contribution in [0.5, 0.6) is 0 Å². The van der Waals surface area contributed by atoms with E-state index in [2.05, 4.69) is 5.32 Å². The van der Waals surface area contributed by atoms with E-state index in [4.69, 9.17) is 4.74 Å². The normalized spacial score (nSPS) is 10.4. The number of thioether (sulfide) groups is 1. The van der Waals surface area contributed by atoms with Crippen LogP contribution in [-0.4, -0.2) is 30.0 Å². The van der Waals surface area contributed by atoms with Crippen LogP contribution < -0.4 is 5.32 Å². The van der Waals surface area contributed by atoms with Crippen LogP contribution in [0.4, 0.5) is 10.1 Å². The number of carbonyl (C=O) groups excluding carboxylic acids is 3. The van der Waals surface area contributed by atoms with E-state index < -0.39 is 5.97 Å². The van der Waals surface area contributed by atoms with Crippen molar-refractivity contribution < 1.29 is 23.5 Å². The molecule has 1 N–H and O–H groups in total. The molecule has 0 saturated carbocycles. The number of rotatable bonds is 10.